The van der Waals surface area contributed by atoms with E-state index in [2.05, 4.69) is 23.6 Å². The Hall–Kier alpha value is -2.49. The van der Waals surface area contributed by atoms with Gasteiger partial charge in [0.2, 0.25) is 18.2 Å². The summed E-state index contributed by atoms with van der Waals surface area (Å²) < 4.78 is 14.2. The maximum atomic E-state index is 10.7. The van der Waals surface area contributed by atoms with Gasteiger partial charge in [-0.3, -0.25) is 4.79 Å². The minimum absolute atomic E-state index is 0.211. The minimum Gasteiger partial charge on any atom is -0.468 e. The number of rotatable bonds is 5. The average molecular weight is 321 g/mol. The van der Waals surface area contributed by atoms with Crippen molar-refractivity contribution in [1.82, 2.24) is 23.6 Å². The van der Waals surface area contributed by atoms with Crippen molar-refractivity contribution < 1.29 is 9.53 Å². The Balaban J connectivity index is 1.64. The van der Waals surface area contributed by atoms with Crippen LogP contribution >= 0.6 is 11.7 Å². The zero-order valence-corrected chi connectivity index (χ0v) is 12.6. The summed E-state index contributed by atoms with van der Waals surface area (Å²) in [6.45, 7) is 3.01. The fourth-order valence-corrected chi connectivity index (χ4v) is 2.65. The van der Waals surface area contributed by atoms with Gasteiger partial charge < -0.3 is 20.3 Å². The van der Waals surface area contributed by atoms with E-state index in [4.69, 9.17) is 10.5 Å². The van der Waals surface area contributed by atoms with E-state index in [9.17, 15) is 4.79 Å². The molecule has 1 fully saturated rings. The molecular formula is C12H15N7O2S. The van der Waals surface area contributed by atoms with Crippen molar-refractivity contribution in [1.29, 1.82) is 0 Å². The maximum Gasteiger partial charge on any atom is 0.271 e. The van der Waals surface area contributed by atoms with E-state index in [1.165, 1.54) is 0 Å². The Morgan fingerprint density at radius 2 is 2.14 bits per heavy atom. The quantitative estimate of drug-likeness (QED) is 0.752. The molecule has 0 atom stereocenters. The summed E-state index contributed by atoms with van der Waals surface area (Å²) in [7, 11) is 0. The fourth-order valence-electron chi connectivity index (χ4n) is 2.13. The van der Waals surface area contributed by atoms with E-state index >= 15 is 0 Å². The number of hydrogen-bond donors (Lipinski definition) is 1. The molecule has 2 aromatic heterocycles. The first-order valence-electron chi connectivity index (χ1n) is 6.73. The number of piperazine rings is 1. The van der Waals surface area contributed by atoms with Crippen molar-refractivity contribution in [2.75, 3.05) is 36.8 Å². The predicted molar refractivity (Wildman–Crippen MR) is 80.5 cm³/mol. The Bertz CT molecular complexity index is 642. The molecule has 3 heterocycles. The van der Waals surface area contributed by atoms with Crippen LogP contribution in [0.3, 0.4) is 0 Å². The van der Waals surface area contributed by atoms with Crippen molar-refractivity contribution in [2.45, 2.75) is 6.61 Å². The summed E-state index contributed by atoms with van der Waals surface area (Å²) in [5.74, 6) is 1.39. The zero-order chi connectivity index (χ0) is 15.4. The van der Waals surface area contributed by atoms with Gasteiger partial charge in [-0.25, -0.2) is 9.97 Å². The van der Waals surface area contributed by atoms with Crippen molar-refractivity contribution in [3.8, 4) is 5.88 Å². The van der Waals surface area contributed by atoms with Crippen LogP contribution in [0.4, 0.5) is 11.8 Å². The highest BCUT2D eigenvalue weighted by molar-refractivity contribution is 6.99. The highest BCUT2D eigenvalue weighted by Crippen LogP contribution is 2.27. The topological polar surface area (TPSA) is 110 Å². The summed E-state index contributed by atoms with van der Waals surface area (Å²) in [5.41, 5.74) is 6.21. The number of nitrogens with two attached hydrogens (primary N) is 1. The van der Waals surface area contributed by atoms with E-state index in [1.807, 2.05) is 0 Å². The summed E-state index contributed by atoms with van der Waals surface area (Å²) in [5, 5.41) is 0. The van der Waals surface area contributed by atoms with Gasteiger partial charge in [0.05, 0.1) is 17.4 Å². The van der Waals surface area contributed by atoms with Crippen molar-refractivity contribution in [3.05, 3.63) is 18.0 Å². The lowest BCUT2D eigenvalue weighted by molar-refractivity contribution is -0.118. The Morgan fingerprint density at radius 1 is 1.32 bits per heavy atom. The zero-order valence-electron chi connectivity index (χ0n) is 11.8. The van der Waals surface area contributed by atoms with E-state index in [0.29, 0.717) is 43.6 Å². The summed E-state index contributed by atoms with van der Waals surface area (Å²) in [4.78, 5) is 22.4. The maximum absolute atomic E-state index is 10.7. The monoisotopic (exact) mass is 321 g/mol. The van der Waals surface area contributed by atoms with Crippen LogP contribution in [-0.4, -0.2) is 56.2 Å². The molecule has 0 aliphatic carbocycles. The van der Waals surface area contributed by atoms with Gasteiger partial charge in [-0.1, -0.05) is 0 Å². The normalized spacial score (nSPS) is 14.9. The Morgan fingerprint density at radius 3 is 2.86 bits per heavy atom. The second-order valence-corrected chi connectivity index (χ2v) is 5.24. The van der Waals surface area contributed by atoms with Gasteiger partial charge in [-0.05, 0) is 6.07 Å². The van der Waals surface area contributed by atoms with Gasteiger partial charge in [-0.15, -0.1) is 4.37 Å². The number of hydrogen-bond acceptors (Lipinski definition) is 9. The van der Waals surface area contributed by atoms with E-state index < -0.39 is 0 Å². The largest absolute Gasteiger partial charge is 0.468 e. The minimum atomic E-state index is 0.211. The molecule has 0 spiro atoms. The Labute approximate surface area is 131 Å². The number of carbonyl (C=O) groups is 1. The average Bonchev–Trinajstić information content (AvgIpc) is 3.01. The molecule has 2 N–H and O–H groups in total. The molecule has 2 aromatic rings. The van der Waals surface area contributed by atoms with E-state index in [-0.39, 0.29) is 12.6 Å². The lowest BCUT2D eigenvalue weighted by Crippen LogP contribution is -2.45. The van der Waals surface area contributed by atoms with Crippen molar-refractivity contribution >= 4 is 29.9 Å². The molecule has 0 bridgehead atoms. The first kappa shape index (κ1) is 14.4. The first-order chi connectivity index (χ1) is 10.8. The summed E-state index contributed by atoms with van der Waals surface area (Å²) >= 11 is 1.10. The summed E-state index contributed by atoms with van der Waals surface area (Å²) in [6.07, 6.45) is 2.45. The Kier molecular flexibility index (Phi) is 4.28. The van der Waals surface area contributed by atoms with E-state index in [1.54, 1.807) is 17.2 Å². The second-order valence-electron chi connectivity index (χ2n) is 4.72. The molecule has 22 heavy (non-hydrogen) atoms. The van der Waals surface area contributed by atoms with Crippen LogP contribution < -0.4 is 15.4 Å². The van der Waals surface area contributed by atoms with Gasteiger partial charge in [-0.2, -0.15) is 4.37 Å². The number of nitrogens with zero attached hydrogens (tertiary/aromatic N) is 6. The number of nitrogen functional groups attached to an aromatic ring is 1. The van der Waals surface area contributed by atoms with Gasteiger partial charge >= 0.3 is 0 Å². The van der Waals surface area contributed by atoms with Gasteiger partial charge in [0.25, 0.3) is 5.88 Å². The number of amides is 1. The number of anilines is 2. The highest BCUT2D eigenvalue weighted by Gasteiger charge is 2.22. The van der Waals surface area contributed by atoms with Crippen LogP contribution in [0.15, 0.2) is 12.3 Å². The van der Waals surface area contributed by atoms with Crippen molar-refractivity contribution in [2.24, 2.45) is 0 Å². The van der Waals surface area contributed by atoms with Crippen molar-refractivity contribution in [3.63, 3.8) is 0 Å². The molecule has 1 amide bonds. The molecule has 3 rings (SSSR count). The van der Waals surface area contributed by atoms with Crippen LogP contribution in [0.2, 0.25) is 0 Å². The molecule has 1 aliphatic rings. The third-order valence-corrected chi connectivity index (χ3v) is 3.80. The predicted octanol–water partition coefficient (Wildman–Crippen LogP) is -0.232. The second kappa shape index (κ2) is 6.52. The smallest absolute Gasteiger partial charge is 0.271 e. The van der Waals surface area contributed by atoms with Crippen LogP contribution in [0.25, 0.3) is 0 Å². The highest BCUT2D eigenvalue weighted by atomic mass is 32.1. The van der Waals surface area contributed by atoms with E-state index in [0.717, 1.165) is 18.1 Å². The molecule has 0 saturated carbocycles. The SMILES string of the molecule is Nc1nccc(COc2nsnc2N2CCN(C=O)CC2)n1. The first-order valence-corrected chi connectivity index (χ1v) is 7.46. The number of ether oxygens (including phenoxy) is 1. The molecule has 0 radical (unpaired) electrons. The van der Waals surface area contributed by atoms with Gasteiger partial charge in [0.15, 0.2) is 0 Å². The molecular weight excluding hydrogens is 306 g/mol. The van der Waals surface area contributed by atoms with Crippen LogP contribution in [0.5, 0.6) is 5.88 Å². The standard InChI is InChI=1S/C12H15N7O2S/c13-12-14-2-1-9(15-12)7-21-11-10(16-22-17-11)19-5-3-18(8-20)4-6-19/h1-2,8H,3-7H2,(H2,13,14,15). The molecule has 1 saturated heterocycles. The molecule has 116 valence electrons. The lowest BCUT2D eigenvalue weighted by Gasteiger charge is -2.32. The third kappa shape index (κ3) is 3.22. The fraction of sp³-hybridized carbons (Fsp3) is 0.417. The number of carbonyl (C=O) groups excluding carboxylic acids is 1. The molecule has 0 unspecified atom stereocenters. The summed E-state index contributed by atoms with van der Waals surface area (Å²) in [6, 6.07) is 1.73. The van der Waals surface area contributed by atoms with Crippen LogP contribution in [0.1, 0.15) is 5.69 Å². The molecule has 1 aliphatic heterocycles. The van der Waals surface area contributed by atoms with Crippen LogP contribution in [-0.2, 0) is 11.4 Å². The van der Waals surface area contributed by atoms with Gasteiger partial charge in [0, 0.05) is 32.4 Å². The molecule has 10 heteroatoms. The lowest BCUT2D eigenvalue weighted by atomic mass is 10.3. The third-order valence-electron chi connectivity index (χ3n) is 3.29. The molecule has 0 aromatic carbocycles. The molecule has 9 nitrogen and oxygen atoms in total. The van der Waals surface area contributed by atoms with Gasteiger partial charge in [0.1, 0.15) is 6.61 Å². The number of aromatic nitrogens is 4. The van der Waals surface area contributed by atoms with Crippen LogP contribution in [0, 0.1) is 0 Å².